The maximum Gasteiger partial charge on any atom is 0.342 e. The highest BCUT2D eigenvalue weighted by molar-refractivity contribution is 6.35. The quantitative estimate of drug-likeness (QED) is 0.698. The second-order valence-electron chi connectivity index (χ2n) is 6.29. The van der Waals surface area contributed by atoms with Gasteiger partial charge in [-0.05, 0) is 31.2 Å². The van der Waals surface area contributed by atoms with Gasteiger partial charge in [-0.3, -0.25) is 9.69 Å². The molecule has 152 valence electrons. The van der Waals surface area contributed by atoms with Gasteiger partial charge in [0.15, 0.2) is 6.10 Å². The first-order chi connectivity index (χ1) is 13.9. The molecule has 0 aromatic heterocycles. The number of halogens is 2. The van der Waals surface area contributed by atoms with Crippen molar-refractivity contribution in [1.29, 1.82) is 0 Å². The first-order valence-electron chi connectivity index (χ1n) is 8.82. The van der Waals surface area contributed by atoms with E-state index in [2.05, 4.69) is 5.32 Å². The van der Waals surface area contributed by atoms with E-state index >= 15 is 0 Å². The van der Waals surface area contributed by atoms with Crippen LogP contribution in [0, 0.1) is 0 Å². The van der Waals surface area contributed by atoms with Gasteiger partial charge in [0.05, 0.1) is 0 Å². The summed E-state index contributed by atoms with van der Waals surface area (Å²) >= 11 is 12.0. The number of imide groups is 1. The Hall–Kier alpha value is -2.77. The zero-order valence-corrected chi connectivity index (χ0v) is 17.0. The summed E-state index contributed by atoms with van der Waals surface area (Å²) < 4.78 is 11.0. The van der Waals surface area contributed by atoms with Crippen molar-refractivity contribution in [3.63, 3.8) is 0 Å². The minimum Gasteiger partial charge on any atom is -0.488 e. The minimum absolute atomic E-state index is 0.114. The highest BCUT2D eigenvalue weighted by Crippen LogP contribution is 2.25. The topological polar surface area (TPSA) is 84.9 Å². The van der Waals surface area contributed by atoms with Crippen LogP contribution in [0.5, 0.6) is 5.75 Å². The van der Waals surface area contributed by atoms with Crippen LogP contribution in [-0.4, -0.2) is 42.0 Å². The van der Waals surface area contributed by atoms with Crippen molar-refractivity contribution in [1.82, 2.24) is 10.2 Å². The summed E-state index contributed by atoms with van der Waals surface area (Å²) in [5.74, 6) is -1.04. The molecule has 29 heavy (non-hydrogen) atoms. The summed E-state index contributed by atoms with van der Waals surface area (Å²) in [5, 5.41) is 3.48. The van der Waals surface area contributed by atoms with Crippen LogP contribution in [-0.2, 0) is 16.1 Å². The fourth-order valence-corrected chi connectivity index (χ4v) is 3.19. The Kier molecular flexibility index (Phi) is 6.61. The predicted octanol–water partition coefficient (Wildman–Crippen LogP) is 3.67. The third-order valence-electron chi connectivity index (χ3n) is 4.26. The van der Waals surface area contributed by atoms with Crippen LogP contribution in [0.3, 0.4) is 0 Å². The summed E-state index contributed by atoms with van der Waals surface area (Å²) in [5.41, 5.74) is 0.853. The predicted molar refractivity (Wildman–Crippen MR) is 107 cm³/mol. The molecule has 3 rings (SSSR count). The van der Waals surface area contributed by atoms with Gasteiger partial charge in [0, 0.05) is 28.7 Å². The van der Waals surface area contributed by atoms with Gasteiger partial charge in [-0.2, -0.15) is 0 Å². The van der Waals surface area contributed by atoms with Gasteiger partial charge in [-0.15, -0.1) is 0 Å². The Morgan fingerprint density at radius 1 is 1.21 bits per heavy atom. The third kappa shape index (κ3) is 4.99. The lowest BCUT2D eigenvalue weighted by Crippen LogP contribution is -2.41. The molecule has 1 fully saturated rings. The number of hydrogen-bond acceptors (Lipinski definition) is 5. The van der Waals surface area contributed by atoms with Crippen LogP contribution < -0.4 is 10.1 Å². The molecule has 1 saturated heterocycles. The molecular formula is C20H18Cl2N2O5. The molecule has 1 aliphatic rings. The molecule has 7 nitrogen and oxygen atoms in total. The van der Waals surface area contributed by atoms with E-state index in [0.717, 1.165) is 4.90 Å². The highest BCUT2D eigenvalue weighted by Gasteiger charge is 2.32. The van der Waals surface area contributed by atoms with Crippen molar-refractivity contribution >= 4 is 41.1 Å². The van der Waals surface area contributed by atoms with Gasteiger partial charge in [0.1, 0.15) is 17.9 Å². The Bertz CT molecular complexity index is 950. The first-order valence-corrected chi connectivity index (χ1v) is 9.58. The summed E-state index contributed by atoms with van der Waals surface area (Å²) in [4.78, 5) is 37.5. The van der Waals surface area contributed by atoms with Gasteiger partial charge < -0.3 is 14.8 Å². The molecule has 1 unspecified atom stereocenters. The highest BCUT2D eigenvalue weighted by atomic mass is 35.5. The van der Waals surface area contributed by atoms with Crippen LogP contribution in [0.15, 0.2) is 42.5 Å². The molecular weight excluding hydrogens is 419 g/mol. The summed E-state index contributed by atoms with van der Waals surface area (Å²) in [6.07, 6.45) is -1.12. The Balaban J connectivity index is 1.68. The molecule has 0 radical (unpaired) electrons. The van der Waals surface area contributed by atoms with Crippen molar-refractivity contribution in [2.24, 2.45) is 0 Å². The number of hydrogen-bond donors (Lipinski definition) is 1. The maximum absolute atomic E-state index is 12.6. The zero-order chi connectivity index (χ0) is 21.0. The zero-order valence-electron chi connectivity index (χ0n) is 15.5. The number of urea groups is 1. The van der Waals surface area contributed by atoms with Gasteiger partial charge >= 0.3 is 12.0 Å². The number of para-hydroxylation sites is 1. The van der Waals surface area contributed by atoms with Crippen LogP contribution in [0.4, 0.5) is 4.79 Å². The normalized spacial score (nSPS) is 14.3. The molecule has 2 aromatic rings. The van der Waals surface area contributed by atoms with Crippen LogP contribution in [0.2, 0.25) is 10.0 Å². The fraction of sp³-hybridized carbons (Fsp3) is 0.250. The van der Waals surface area contributed by atoms with E-state index in [1.54, 1.807) is 36.4 Å². The number of carbonyl (C=O) groups is 3. The average molecular weight is 437 g/mol. The number of esters is 1. The van der Waals surface area contributed by atoms with E-state index in [1.165, 1.54) is 13.0 Å². The fourth-order valence-electron chi connectivity index (χ4n) is 2.73. The lowest BCUT2D eigenvalue weighted by Gasteiger charge is -2.19. The lowest BCUT2D eigenvalue weighted by molar-refractivity contribution is -0.136. The van der Waals surface area contributed by atoms with E-state index in [9.17, 15) is 14.4 Å². The maximum atomic E-state index is 12.6. The van der Waals surface area contributed by atoms with E-state index < -0.39 is 24.0 Å². The number of benzene rings is 2. The van der Waals surface area contributed by atoms with Crippen LogP contribution >= 0.6 is 23.2 Å². The smallest absolute Gasteiger partial charge is 0.342 e. The first kappa shape index (κ1) is 21.0. The molecule has 0 spiro atoms. The van der Waals surface area contributed by atoms with Crippen LogP contribution in [0.25, 0.3) is 0 Å². The minimum atomic E-state index is -1.12. The molecule has 1 heterocycles. The van der Waals surface area contributed by atoms with Crippen molar-refractivity contribution in [3.05, 3.63) is 63.6 Å². The van der Waals surface area contributed by atoms with Crippen molar-refractivity contribution in [3.8, 4) is 5.75 Å². The largest absolute Gasteiger partial charge is 0.488 e. The molecule has 2 aromatic carbocycles. The number of nitrogens with one attached hydrogen (secondary N) is 1. The SMILES string of the molecule is CC(OC(=O)c1ccccc1OCc1ccc(Cl)cc1Cl)C(=O)N1CCNC1=O. The Morgan fingerprint density at radius 2 is 1.97 bits per heavy atom. The van der Waals surface area contributed by atoms with Crippen molar-refractivity contribution in [2.45, 2.75) is 19.6 Å². The summed E-state index contributed by atoms with van der Waals surface area (Å²) in [6, 6.07) is 11.0. The van der Waals surface area contributed by atoms with Gasteiger partial charge in [0.2, 0.25) is 0 Å². The second kappa shape index (κ2) is 9.15. The third-order valence-corrected chi connectivity index (χ3v) is 4.85. The standard InChI is InChI=1S/C20H18Cl2N2O5/c1-12(18(25)24-9-8-23-20(24)27)29-19(26)15-4-2-3-5-17(15)28-11-13-6-7-14(21)10-16(13)22/h2-7,10,12H,8-9,11H2,1H3,(H,23,27). The molecule has 9 heteroatoms. The number of rotatable bonds is 6. The van der Waals surface area contributed by atoms with E-state index in [-0.39, 0.29) is 24.5 Å². The number of ether oxygens (including phenoxy) is 2. The average Bonchev–Trinajstić information content (AvgIpc) is 3.12. The van der Waals surface area contributed by atoms with Crippen molar-refractivity contribution in [2.75, 3.05) is 13.1 Å². The Morgan fingerprint density at radius 3 is 2.66 bits per heavy atom. The number of nitrogens with zero attached hydrogens (tertiary/aromatic N) is 1. The van der Waals surface area contributed by atoms with E-state index in [0.29, 0.717) is 22.2 Å². The monoisotopic (exact) mass is 436 g/mol. The number of carbonyl (C=O) groups excluding carboxylic acids is 3. The van der Waals surface area contributed by atoms with E-state index in [1.807, 2.05) is 0 Å². The molecule has 1 aliphatic heterocycles. The molecule has 1 atom stereocenters. The van der Waals surface area contributed by atoms with Gasteiger partial charge in [0.25, 0.3) is 5.91 Å². The molecule has 3 amide bonds. The second-order valence-corrected chi connectivity index (χ2v) is 7.13. The summed E-state index contributed by atoms with van der Waals surface area (Å²) in [7, 11) is 0. The van der Waals surface area contributed by atoms with Crippen LogP contribution in [0.1, 0.15) is 22.8 Å². The molecule has 0 bridgehead atoms. The van der Waals surface area contributed by atoms with Crippen molar-refractivity contribution < 1.29 is 23.9 Å². The molecule has 0 aliphatic carbocycles. The molecule has 1 N–H and O–H groups in total. The van der Waals surface area contributed by atoms with E-state index in [4.69, 9.17) is 32.7 Å². The Labute approximate surface area is 177 Å². The molecule has 0 saturated carbocycles. The van der Waals surface area contributed by atoms with Gasteiger partial charge in [-0.1, -0.05) is 41.4 Å². The summed E-state index contributed by atoms with van der Waals surface area (Å²) in [6.45, 7) is 2.14. The lowest BCUT2D eigenvalue weighted by atomic mass is 10.2. The van der Waals surface area contributed by atoms with Gasteiger partial charge in [-0.25, -0.2) is 9.59 Å². The number of amides is 3.